The molecule has 0 radical (unpaired) electrons. The zero-order valence-corrected chi connectivity index (χ0v) is 8.53. The lowest BCUT2D eigenvalue weighted by Gasteiger charge is -2.14. The monoisotopic (exact) mass is 199 g/mol. The van der Waals surface area contributed by atoms with Crippen molar-refractivity contribution < 1.29 is 4.39 Å². The summed E-state index contributed by atoms with van der Waals surface area (Å²) in [5, 5.41) is 5.35. The number of aryl methyl sites for hydroxylation is 1. The number of nitrogens with one attached hydrogen (secondary N) is 1. The topological polar surface area (TPSA) is 12.0 Å². The van der Waals surface area contributed by atoms with Crippen LogP contribution in [0.25, 0.3) is 0 Å². The Bertz CT molecular complexity index is 284. The highest BCUT2D eigenvalue weighted by molar-refractivity contribution is 7.10. The SMILES string of the molecule is Cc1ccsc1[C@H]1CNC[C@@H]1CF. The van der Waals surface area contributed by atoms with Gasteiger partial charge >= 0.3 is 0 Å². The molecule has 2 rings (SSSR count). The molecule has 0 amide bonds. The number of halogens is 1. The first-order chi connectivity index (χ1) is 6.33. The molecule has 1 nitrogen and oxygen atoms in total. The second-order valence-electron chi connectivity index (χ2n) is 3.65. The first kappa shape index (κ1) is 9.16. The third kappa shape index (κ3) is 1.63. The summed E-state index contributed by atoms with van der Waals surface area (Å²) in [6, 6.07) is 2.12. The van der Waals surface area contributed by atoms with E-state index >= 15 is 0 Å². The third-order valence-electron chi connectivity index (χ3n) is 2.78. The molecule has 0 bridgehead atoms. The van der Waals surface area contributed by atoms with Gasteiger partial charge < -0.3 is 5.32 Å². The molecule has 1 fully saturated rings. The Morgan fingerprint density at radius 1 is 1.62 bits per heavy atom. The highest BCUT2D eigenvalue weighted by atomic mass is 32.1. The van der Waals surface area contributed by atoms with Crippen molar-refractivity contribution >= 4 is 11.3 Å². The van der Waals surface area contributed by atoms with Gasteiger partial charge in [0.25, 0.3) is 0 Å². The summed E-state index contributed by atoms with van der Waals surface area (Å²) >= 11 is 1.76. The fraction of sp³-hybridized carbons (Fsp3) is 0.600. The van der Waals surface area contributed by atoms with Crippen molar-refractivity contribution in [3.8, 4) is 0 Å². The van der Waals surface area contributed by atoms with E-state index in [2.05, 4.69) is 23.7 Å². The van der Waals surface area contributed by atoms with E-state index in [0.29, 0.717) is 5.92 Å². The molecular weight excluding hydrogens is 185 g/mol. The Morgan fingerprint density at radius 2 is 2.46 bits per heavy atom. The van der Waals surface area contributed by atoms with Crippen LogP contribution in [0.15, 0.2) is 11.4 Å². The smallest absolute Gasteiger partial charge is 0.0941 e. The maximum absolute atomic E-state index is 12.6. The molecule has 2 atom stereocenters. The van der Waals surface area contributed by atoms with Gasteiger partial charge in [0.2, 0.25) is 0 Å². The molecule has 1 aliphatic heterocycles. The van der Waals surface area contributed by atoms with Gasteiger partial charge in [-0.3, -0.25) is 4.39 Å². The minimum absolute atomic E-state index is 0.192. The van der Waals surface area contributed by atoms with Gasteiger partial charge in [-0.15, -0.1) is 11.3 Å². The average Bonchev–Trinajstić information content (AvgIpc) is 2.71. The molecule has 0 unspecified atom stereocenters. The first-order valence-corrected chi connectivity index (χ1v) is 5.51. The van der Waals surface area contributed by atoms with E-state index in [9.17, 15) is 4.39 Å². The Kier molecular flexibility index (Phi) is 2.65. The molecule has 1 saturated heterocycles. The van der Waals surface area contributed by atoms with Gasteiger partial charge in [0, 0.05) is 29.8 Å². The lowest BCUT2D eigenvalue weighted by atomic mass is 9.94. The molecule has 3 heteroatoms. The molecule has 0 aliphatic carbocycles. The second-order valence-corrected chi connectivity index (χ2v) is 4.59. The summed E-state index contributed by atoms with van der Waals surface area (Å²) in [5.74, 6) is 0.599. The van der Waals surface area contributed by atoms with E-state index in [1.54, 1.807) is 11.3 Å². The maximum Gasteiger partial charge on any atom is 0.0941 e. The molecule has 0 aromatic carbocycles. The van der Waals surface area contributed by atoms with Crippen LogP contribution in [-0.4, -0.2) is 19.8 Å². The third-order valence-corrected chi connectivity index (χ3v) is 3.93. The van der Waals surface area contributed by atoms with Crippen LogP contribution in [0.4, 0.5) is 4.39 Å². The summed E-state index contributed by atoms with van der Waals surface area (Å²) in [7, 11) is 0. The Balaban J connectivity index is 2.20. The summed E-state index contributed by atoms with van der Waals surface area (Å²) in [4.78, 5) is 1.37. The number of hydrogen-bond acceptors (Lipinski definition) is 2. The molecule has 1 aliphatic rings. The largest absolute Gasteiger partial charge is 0.316 e. The first-order valence-electron chi connectivity index (χ1n) is 4.63. The van der Waals surface area contributed by atoms with Crippen molar-refractivity contribution in [2.75, 3.05) is 19.8 Å². The second kappa shape index (κ2) is 3.76. The predicted molar refractivity (Wildman–Crippen MR) is 54.1 cm³/mol. The van der Waals surface area contributed by atoms with Crippen molar-refractivity contribution in [1.29, 1.82) is 0 Å². The highest BCUT2D eigenvalue weighted by Crippen LogP contribution is 2.33. The van der Waals surface area contributed by atoms with Crippen LogP contribution < -0.4 is 5.32 Å². The van der Waals surface area contributed by atoms with Gasteiger partial charge in [-0.05, 0) is 23.9 Å². The molecule has 2 heterocycles. The van der Waals surface area contributed by atoms with Crippen LogP contribution in [-0.2, 0) is 0 Å². The molecule has 1 aromatic heterocycles. The van der Waals surface area contributed by atoms with Crippen molar-refractivity contribution in [2.45, 2.75) is 12.8 Å². The van der Waals surface area contributed by atoms with E-state index in [4.69, 9.17) is 0 Å². The van der Waals surface area contributed by atoms with Crippen LogP contribution in [0.2, 0.25) is 0 Å². The van der Waals surface area contributed by atoms with Crippen LogP contribution >= 0.6 is 11.3 Å². The van der Waals surface area contributed by atoms with E-state index in [0.717, 1.165) is 13.1 Å². The molecule has 13 heavy (non-hydrogen) atoms. The van der Waals surface area contributed by atoms with Crippen molar-refractivity contribution in [3.63, 3.8) is 0 Å². The molecule has 1 N–H and O–H groups in total. The Labute approximate surface area is 82.0 Å². The molecule has 0 saturated carbocycles. The van der Waals surface area contributed by atoms with Gasteiger partial charge in [0.05, 0.1) is 6.67 Å². The molecule has 0 spiro atoms. The standard InChI is InChI=1S/C10H14FNS/c1-7-2-3-13-10(7)9-6-12-5-8(9)4-11/h2-3,8-9,12H,4-6H2,1H3/t8-,9-/m0/s1. The summed E-state index contributed by atoms with van der Waals surface area (Å²) in [6.07, 6.45) is 0. The average molecular weight is 199 g/mol. The number of thiophene rings is 1. The minimum atomic E-state index is -0.199. The summed E-state index contributed by atoms with van der Waals surface area (Å²) in [5.41, 5.74) is 1.32. The van der Waals surface area contributed by atoms with Crippen LogP contribution in [0.5, 0.6) is 0 Å². The van der Waals surface area contributed by atoms with Gasteiger partial charge in [0.1, 0.15) is 0 Å². The van der Waals surface area contributed by atoms with Crippen LogP contribution in [0, 0.1) is 12.8 Å². The van der Waals surface area contributed by atoms with Crippen molar-refractivity contribution in [1.82, 2.24) is 5.32 Å². The Morgan fingerprint density at radius 3 is 3.08 bits per heavy atom. The van der Waals surface area contributed by atoms with Gasteiger partial charge in [0.15, 0.2) is 0 Å². The fourth-order valence-electron chi connectivity index (χ4n) is 1.97. The summed E-state index contributed by atoms with van der Waals surface area (Å²) < 4.78 is 12.6. The van der Waals surface area contributed by atoms with E-state index < -0.39 is 0 Å². The van der Waals surface area contributed by atoms with Gasteiger partial charge in [-0.1, -0.05) is 0 Å². The fourth-order valence-corrected chi connectivity index (χ4v) is 3.09. The lowest BCUT2D eigenvalue weighted by molar-refractivity contribution is 0.360. The highest BCUT2D eigenvalue weighted by Gasteiger charge is 2.29. The maximum atomic E-state index is 12.6. The van der Waals surface area contributed by atoms with E-state index in [-0.39, 0.29) is 12.6 Å². The zero-order valence-electron chi connectivity index (χ0n) is 7.72. The van der Waals surface area contributed by atoms with Crippen LogP contribution in [0.1, 0.15) is 16.4 Å². The summed E-state index contributed by atoms with van der Waals surface area (Å²) in [6.45, 7) is 3.68. The number of hydrogen-bond donors (Lipinski definition) is 1. The minimum Gasteiger partial charge on any atom is -0.316 e. The van der Waals surface area contributed by atoms with Gasteiger partial charge in [-0.25, -0.2) is 0 Å². The van der Waals surface area contributed by atoms with Gasteiger partial charge in [-0.2, -0.15) is 0 Å². The van der Waals surface area contributed by atoms with E-state index in [1.807, 2.05) is 0 Å². The van der Waals surface area contributed by atoms with Crippen LogP contribution in [0.3, 0.4) is 0 Å². The quantitative estimate of drug-likeness (QED) is 0.771. The number of rotatable bonds is 2. The predicted octanol–water partition coefficient (Wildman–Crippen LogP) is 2.33. The van der Waals surface area contributed by atoms with Crippen molar-refractivity contribution in [3.05, 3.63) is 21.9 Å². The number of alkyl halides is 1. The van der Waals surface area contributed by atoms with E-state index in [1.165, 1.54) is 10.4 Å². The molecule has 1 aromatic rings. The van der Waals surface area contributed by atoms with Crippen molar-refractivity contribution in [2.24, 2.45) is 5.92 Å². The zero-order chi connectivity index (χ0) is 9.26. The Hall–Kier alpha value is -0.410. The molecular formula is C10H14FNS. The lowest BCUT2D eigenvalue weighted by Crippen LogP contribution is -2.12. The normalized spacial score (nSPS) is 28.2. The molecule has 72 valence electrons.